The van der Waals surface area contributed by atoms with Crippen molar-refractivity contribution < 1.29 is 4.42 Å². The molecule has 0 atom stereocenters. The number of benzene rings is 6. The molecule has 51 heavy (non-hydrogen) atoms. The fourth-order valence-corrected chi connectivity index (χ4v) is 7.87. The van der Waals surface area contributed by atoms with E-state index in [1.807, 2.05) is 48.5 Å². The molecule has 0 aliphatic rings. The van der Waals surface area contributed by atoms with Crippen LogP contribution >= 0.6 is 0 Å². The fourth-order valence-electron chi connectivity index (χ4n) is 7.87. The minimum atomic E-state index is 0.624. The van der Waals surface area contributed by atoms with Gasteiger partial charge in [0, 0.05) is 11.1 Å². The third-order valence-corrected chi connectivity index (χ3v) is 10.1. The highest BCUT2D eigenvalue weighted by Crippen LogP contribution is 2.37. The van der Waals surface area contributed by atoms with Crippen molar-refractivity contribution in [2.75, 3.05) is 0 Å². The summed E-state index contributed by atoms with van der Waals surface area (Å²) in [6.07, 6.45) is 1.61. The second kappa shape index (κ2) is 9.67. The normalized spacial score (nSPS) is 12.3. The summed E-state index contributed by atoms with van der Waals surface area (Å²) in [5.74, 6) is 2.29. The van der Waals surface area contributed by atoms with Crippen LogP contribution in [0.2, 0.25) is 0 Å². The molecule has 6 aromatic heterocycles. The minimum Gasteiger partial charge on any atom is -0.450 e. The summed E-state index contributed by atoms with van der Waals surface area (Å²) >= 11 is 0. The van der Waals surface area contributed by atoms with E-state index >= 15 is 0 Å². The number of hydrogen-bond acceptors (Lipinski definition) is 5. The van der Waals surface area contributed by atoms with Crippen LogP contribution in [-0.4, -0.2) is 37.9 Å². The number of furan rings is 1. The van der Waals surface area contributed by atoms with Gasteiger partial charge in [0.2, 0.25) is 11.6 Å². The number of fused-ring (bicyclic) bond motifs is 13. The van der Waals surface area contributed by atoms with E-state index in [0.29, 0.717) is 11.4 Å². The van der Waals surface area contributed by atoms with Crippen LogP contribution in [0.5, 0.6) is 0 Å². The predicted molar refractivity (Wildman–Crippen MR) is 201 cm³/mol. The Kier molecular flexibility index (Phi) is 5.06. The first kappa shape index (κ1) is 26.7. The molecule has 0 spiro atoms. The van der Waals surface area contributed by atoms with Crippen molar-refractivity contribution in [3.05, 3.63) is 146 Å². The Balaban J connectivity index is 1.14. The molecule has 12 rings (SSSR count). The Morgan fingerprint density at radius 3 is 1.76 bits per heavy atom. The second-order valence-corrected chi connectivity index (χ2v) is 12.9. The van der Waals surface area contributed by atoms with Crippen LogP contribution in [0.15, 0.2) is 150 Å². The Morgan fingerprint density at radius 1 is 0.471 bits per heavy atom. The monoisotopic (exact) mass is 656 g/mol. The Bertz CT molecular complexity index is 3380. The number of hydrogen-bond donors (Lipinski definition) is 0. The molecule has 0 N–H and O–H groups in total. The minimum absolute atomic E-state index is 0.624. The average Bonchev–Trinajstić information content (AvgIpc) is 3.98. The van der Waals surface area contributed by atoms with Gasteiger partial charge in [-0.2, -0.15) is 0 Å². The summed E-state index contributed by atoms with van der Waals surface area (Å²) in [7, 11) is 0. The van der Waals surface area contributed by atoms with Gasteiger partial charge in [-0.3, -0.25) is 17.9 Å². The van der Waals surface area contributed by atoms with Crippen molar-refractivity contribution in [2.45, 2.75) is 0 Å². The fraction of sp³-hybridized carbons (Fsp3) is 0. The van der Waals surface area contributed by atoms with Crippen LogP contribution in [0.25, 0.3) is 100 Å². The average molecular weight is 657 g/mol. The SMILES string of the molecule is c1ccc(-n2c3ccc(-c4ccc5c(c4)n4c6ccccc6nc4n5-c4ncnc5c4oc4ccccc45)cc3n3c4ccccc4nc23)cc1. The lowest BCUT2D eigenvalue weighted by Crippen LogP contribution is -1.99. The lowest BCUT2D eigenvalue weighted by Gasteiger charge is -2.08. The maximum Gasteiger partial charge on any atom is 0.222 e. The number of para-hydroxylation sites is 6. The first-order chi connectivity index (χ1) is 25.3. The molecule has 9 heteroatoms. The van der Waals surface area contributed by atoms with Crippen LogP contribution in [-0.2, 0) is 0 Å². The summed E-state index contributed by atoms with van der Waals surface area (Å²) in [4.78, 5) is 19.6. The maximum absolute atomic E-state index is 6.41. The first-order valence-corrected chi connectivity index (χ1v) is 16.8. The molecule has 0 saturated heterocycles. The molecule has 0 unspecified atom stereocenters. The highest BCUT2D eigenvalue weighted by Gasteiger charge is 2.23. The molecule has 9 nitrogen and oxygen atoms in total. The van der Waals surface area contributed by atoms with Gasteiger partial charge in [-0.05, 0) is 83.9 Å². The maximum atomic E-state index is 6.41. The zero-order chi connectivity index (χ0) is 33.2. The summed E-state index contributed by atoms with van der Waals surface area (Å²) in [5, 5.41) is 0.954. The highest BCUT2D eigenvalue weighted by atomic mass is 16.3. The molecule has 12 aromatic rings. The number of rotatable bonds is 3. The van der Waals surface area contributed by atoms with Crippen molar-refractivity contribution in [2.24, 2.45) is 0 Å². The van der Waals surface area contributed by atoms with Crippen LogP contribution in [0, 0.1) is 0 Å². The van der Waals surface area contributed by atoms with E-state index < -0.39 is 0 Å². The third kappa shape index (κ3) is 3.53. The molecule has 238 valence electrons. The number of imidazole rings is 4. The molecule has 0 fully saturated rings. The van der Waals surface area contributed by atoms with Crippen LogP contribution in [0.4, 0.5) is 0 Å². The zero-order valence-electron chi connectivity index (χ0n) is 26.8. The van der Waals surface area contributed by atoms with E-state index in [4.69, 9.17) is 19.4 Å². The zero-order valence-corrected chi connectivity index (χ0v) is 26.8. The Hall–Kier alpha value is -7.26. The van der Waals surface area contributed by atoms with Crippen LogP contribution < -0.4 is 0 Å². The summed E-state index contributed by atoms with van der Waals surface area (Å²) in [5.41, 5.74) is 13.5. The van der Waals surface area contributed by atoms with Gasteiger partial charge in [-0.25, -0.2) is 19.9 Å². The topological polar surface area (TPSA) is 83.4 Å². The van der Waals surface area contributed by atoms with Crippen molar-refractivity contribution in [3.8, 4) is 22.6 Å². The molecule has 0 radical (unpaired) electrons. The third-order valence-electron chi connectivity index (χ3n) is 10.1. The second-order valence-electron chi connectivity index (χ2n) is 12.9. The molecule has 0 bridgehead atoms. The van der Waals surface area contributed by atoms with Gasteiger partial charge in [0.05, 0.1) is 44.1 Å². The first-order valence-electron chi connectivity index (χ1n) is 16.8. The van der Waals surface area contributed by atoms with Crippen molar-refractivity contribution in [1.82, 2.24) is 37.9 Å². The predicted octanol–water partition coefficient (Wildman–Crippen LogP) is 9.53. The van der Waals surface area contributed by atoms with E-state index in [2.05, 4.69) is 114 Å². The smallest absolute Gasteiger partial charge is 0.222 e. The number of nitrogens with zero attached hydrogens (tertiary/aromatic N) is 8. The molecular weight excluding hydrogens is 633 g/mol. The molecule has 0 aliphatic heterocycles. The van der Waals surface area contributed by atoms with Crippen molar-refractivity contribution in [3.63, 3.8) is 0 Å². The van der Waals surface area contributed by atoms with Gasteiger partial charge in [-0.15, -0.1) is 0 Å². The number of aromatic nitrogens is 8. The van der Waals surface area contributed by atoms with E-state index in [9.17, 15) is 0 Å². The summed E-state index contributed by atoms with van der Waals surface area (Å²) in [6.45, 7) is 0. The van der Waals surface area contributed by atoms with Crippen molar-refractivity contribution in [1.29, 1.82) is 0 Å². The van der Waals surface area contributed by atoms with E-state index in [1.54, 1.807) is 6.33 Å². The lowest BCUT2D eigenvalue weighted by molar-refractivity contribution is 0.662. The lowest BCUT2D eigenvalue weighted by atomic mass is 10.0. The van der Waals surface area contributed by atoms with E-state index in [1.165, 1.54) is 0 Å². The quantitative estimate of drug-likeness (QED) is 0.189. The van der Waals surface area contributed by atoms with E-state index in [0.717, 1.165) is 89.0 Å². The van der Waals surface area contributed by atoms with Gasteiger partial charge in [0.15, 0.2) is 11.4 Å². The van der Waals surface area contributed by atoms with Crippen LogP contribution in [0.3, 0.4) is 0 Å². The standard InChI is InChI=1S/C42H24N8O/c1-2-10-27(11-3-1)47-33-20-18-25(22-35(33)48-31-15-7-5-13-29(31)45-41(47)48)26-19-21-34-36(23-26)49-32-16-8-6-14-30(32)46-42(49)50(34)40-39-38(43-24-44-40)28-12-4-9-17-37(28)51-39/h1-24H. The van der Waals surface area contributed by atoms with Crippen LogP contribution in [0.1, 0.15) is 0 Å². The van der Waals surface area contributed by atoms with Gasteiger partial charge < -0.3 is 4.42 Å². The molecule has 0 aliphatic carbocycles. The van der Waals surface area contributed by atoms with Gasteiger partial charge in [0.1, 0.15) is 17.4 Å². The molecular formula is C42H24N8O. The molecule has 0 saturated carbocycles. The summed E-state index contributed by atoms with van der Waals surface area (Å²) < 4.78 is 15.2. The molecule has 6 heterocycles. The van der Waals surface area contributed by atoms with Gasteiger partial charge in [-0.1, -0.05) is 66.7 Å². The molecule has 0 amide bonds. The van der Waals surface area contributed by atoms with Gasteiger partial charge >= 0.3 is 0 Å². The Morgan fingerprint density at radius 2 is 1.06 bits per heavy atom. The van der Waals surface area contributed by atoms with E-state index in [-0.39, 0.29) is 0 Å². The summed E-state index contributed by atoms with van der Waals surface area (Å²) in [6, 6.07) is 48.2. The Labute approximate surface area is 287 Å². The highest BCUT2D eigenvalue weighted by molar-refractivity contribution is 6.05. The van der Waals surface area contributed by atoms with Crippen molar-refractivity contribution >= 4 is 77.8 Å². The largest absolute Gasteiger partial charge is 0.450 e. The molecule has 6 aromatic carbocycles. The van der Waals surface area contributed by atoms with Gasteiger partial charge in [0.25, 0.3) is 0 Å².